The quantitative estimate of drug-likeness (QED) is 0.742. The van der Waals surface area contributed by atoms with E-state index in [2.05, 4.69) is 20.5 Å². The molecule has 2 rings (SSSR count). The molecule has 0 bridgehead atoms. The number of benzene rings is 1. The van der Waals surface area contributed by atoms with Gasteiger partial charge in [-0.3, -0.25) is 9.89 Å². The number of rotatable bonds is 4. The number of nitrogens with one attached hydrogen (secondary N) is 2. The number of H-pyrrole nitrogens is 1. The number of hydrogen-bond donors (Lipinski definition) is 3. The maximum absolute atomic E-state index is 13.4. The zero-order valence-corrected chi connectivity index (χ0v) is 9.35. The molecule has 94 valence electrons. The lowest BCUT2D eigenvalue weighted by Gasteiger charge is -2.05. The number of aromatic hydroxyl groups is 1. The van der Waals surface area contributed by atoms with Crippen molar-refractivity contribution in [3.63, 3.8) is 0 Å². The number of aromatic nitrogens is 3. The number of halogens is 1. The fourth-order valence-corrected chi connectivity index (χ4v) is 1.43. The molecule has 1 heterocycles. The molecule has 0 spiro atoms. The maximum atomic E-state index is 13.4. The highest BCUT2D eigenvalue weighted by Crippen LogP contribution is 2.14. The lowest BCUT2D eigenvalue weighted by atomic mass is 10.2. The standard InChI is InChI=1S/C11H11FN4O2/c12-9-5-7(17)1-2-8(9)11(18)13-4-3-10-14-6-15-16-10/h1-2,5-6,17H,3-4H2,(H,13,18)(H,14,15,16). The number of phenols is 1. The Labute approximate surface area is 102 Å². The molecule has 0 atom stereocenters. The van der Waals surface area contributed by atoms with Crippen molar-refractivity contribution < 1.29 is 14.3 Å². The van der Waals surface area contributed by atoms with Crippen LogP contribution < -0.4 is 5.32 Å². The topological polar surface area (TPSA) is 90.9 Å². The van der Waals surface area contributed by atoms with Crippen molar-refractivity contribution in [3.8, 4) is 5.75 Å². The van der Waals surface area contributed by atoms with E-state index in [0.29, 0.717) is 18.8 Å². The summed E-state index contributed by atoms with van der Waals surface area (Å²) >= 11 is 0. The summed E-state index contributed by atoms with van der Waals surface area (Å²) in [6, 6.07) is 3.38. The fraction of sp³-hybridized carbons (Fsp3) is 0.182. The molecular weight excluding hydrogens is 239 g/mol. The van der Waals surface area contributed by atoms with Crippen molar-refractivity contribution >= 4 is 5.91 Å². The molecule has 1 aromatic heterocycles. The van der Waals surface area contributed by atoms with Crippen LogP contribution >= 0.6 is 0 Å². The van der Waals surface area contributed by atoms with Gasteiger partial charge in [-0.25, -0.2) is 9.37 Å². The van der Waals surface area contributed by atoms with Crippen molar-refractivity contribution in [1.29, 1.82) is 0 Å². The van der Waals surface area contributed by atoms with E-state index in [1.165, 1.54) is 18.5 Å². The van der Waals surface area contributed by atoms with Crippen molar-refractivity contribution in [2.75, 3.05) is 6.54 Å². The molecule has 1 aromatic carbocycles. The van der Waals surface area contributed by atoms with Crippen LogP contribution in [0, 0.1) is 5.82 Å². The number of carbonyl (C=O) groups is 1. The highest BCUT2D eigenvalue weighted by molar-refractivity contribution is 5.94. The molecule has 0 saturated carbocycles. The van der Waals surface area contributed by atoms with Crippen LogP contribution in [0.4, 0.5) is 4.39 Å². The summed E-state index contributed by atoms with van der Waals surface area (Å²) in [4.78, 5) is 15.5. The van der Waals surface area contributed by atoms with Gasteiger partial charge in [0.15, 0.2) is 0 Å². The normalized spacial score (nSPS) is 10.3. The Morgan fingerprint density at radius 3 is 3.00 bits per heavy atom. The number of aromatic amines is 1. The van der Waals surface area contributed by atoms with Crippen LogP contribution in [0.15, 0.2) is 24.5 Å². The minimum atomic E-state index is -0.757. The van der Waals surface area contributed by atoms with Gasteiger partial charge < -0.3 is 10.4 Å². The number of nitrogens with zero attached hydrogens (tertiary/aromatic N) is 2. The number of hydrogen-bond acceptors (Lipinski definition) is 4. The van der Waals surface area contributed by atoms with Gasteiger partial charge in [-0.15, -0.1) is 0 Å². The van der Waals surface area contributed by atoms with Crippen molar-refractivity contribution in [2.24, 2.45) is 0 Å². The average Bonchev–Trinajstić information content (AvgIpc) is 2.81. The van der Waals surface area contributed by atoms with E-state index in [1.54, 1.807) is 0 Å². The Bertz CT molecular complexity index is 542. The molecule has 2 aromatic rings. The van der Waals surface area contributed by atoms with E-state index in [0.717, 1.165) is 6.07 Å². The van der Waals surface area contributed by atoms with Gasteiger partial charge in [-0.2, -0.15) is 5.10 Å². The minimum absolute atomic E-state index is 0.106. The SMILES string of the molecule is O=C(NCCc1ncn[nH]1)c1ccc(O)cc1F. The summed E-state index contributed by atoms with van der Waals surface area (Å²) in [5.74, 6) is -0.869. The van der Waals surface area contributed by atoms with Crippen LogP contribution in [0.3, 0.4) is 0 Å². The maximum Gasteiger partial charge on any atom is 0.254 e. The third-order valence-corrected chi connectivity index (χ3v) is 2.31. The molecule has 3 N–H and O–H groups in total. The van der Waals surface area contributed by atoms with Crippen LogP contribution in [-0.4, -0.2) is 32.7 Å². The lowest BCUT2D eigenvalue weighted by molar-refractivity contribution is 0.0950. The second-order valence-corrected chi connectivity index (χ2v) is 3.60. The summed E-state index contributed by atoms with van der Waals surface area (Å²) in [6.45, 7) is 0.314. The van der Waals surface area contributed by atoms with E-state index >= 15 is 0 Å². The molecule has 0 unspecified atom stereocenters. The van der Waals surface area contributed by atoms with E-state index in [-0.39, 0.29) is 11.3 Å². The second-order valence-electron chi connectivity index (χ2n) is 3.60. The smallest absolute Gasteiger partial charge is 0.254 e. The van der Waals surface area contributed by atoms with Crippen LogP contribution in [0.1, 0.15) is 16.2 Å². The molecule has 6 nitrogen and oxygen atoms in total. The molecule has 0 aliphatic heterocycles. The Morgan fingerprint density at radius 2 is 2.33 bits per heavy atom. The first-order chi connectivity index (χ1) is 8.66. The van der Waals surface area contributed by atoms with E-state index < -0.39 is 11.7 Å². The molecule has 0 saturated heterocycles. The van der Waals surface area contributed by atoms with Crippen molar-refractivity contribution in [3.05, 3.63) is 41.7 Å². The Balaban J connectivity index is 1.91. The zero-order chi connectivity index (χ0) is 13.0. The fourth-order valence-electron chi connectivity index (χ4n) is 1.43. The zero-order valence-electron chi connectivity index (χ0n) is 9.35. The van der Waals surface area contributed by atoms with Crippen LogP contribution in [0.5, 0.6) is 5.75 Å². The Hall–Kier alpha value is -2.44. The Morgan fingerprint density at radius 1 is 1.50 bits per heavy atom. The summed E-state index contributed by atoms with van der Waals surface area (Å²) in [5, 5.41) is 17.9. The van der Waals surface area contributed by atoms with Gasteiger partial charge in [0.1, 0.15) is 23.7 Å². The van der Waals surface area contributed by atoms with Gasteiger partial charge in [0.2, 0.25) is 0 Å². The first kappa shape index (κ1) is 12.0. The van der Waals surface area contributed by atoms with Crippen LogP contribution in [-0.2, 0) is 6.42 Å². The molecule has 1 amide bonds. The van der Waals surface area contributed by atoms with Crippen LogP contribution in [0.2, 0.25) is 0 Å². The highest BCUT2D eigenvalue weighted by atomic mass is 19.1. The monoisotopic (exact) mass is 250 g/mol. The average molecular weight is 250 g/mol. The number of amides is 1. The molecule has 0 radical (unpaired) electrons. The van der Waals surface area contributed by atoms with Gasteiger partial charge in [0.25, 0.3) is 5.91 Å². The molecule has 7 heteroatoms. The van der Waals surface area contributed by atoms with E-state index in [9.17, 15) is 9.18 Å². The molecule has 0 fully saturated rings. The highest BCUT2D eigenvalue weighted by Gasteiger charge is 2.11. The molecule has 0 aliphatic rings. The predicted octanol–water partition coefficient (Wildman–Crippen LogP) is 0.622. The first-order valence-electron chi connectivity index (χ1n) is 5.28. The third kappa shape index (κ3) is 2.82. The summed E-state index contributed by atoms with van der Waals surface area (Å²) in [6.07, 6.45) is 1.85. The lowest BCUT2D eigenvalue weighted by Crippen LogP contribution is -2.26. The van der Waals surface area contributed by atoms with Gasteiger partial charge >= 0.3 is 0 Å². The van der Waals surface area contributed by atoms with Crippen LogP contribution in [0.25, 0.3) is 0 Å². The van der Waals surface area contributed by atoms with Gasteiger partial charge in [-0.05, 0) is 12.1 Å². The van der Waals surface area contributed by atoms with E-state index in [1.807, 2.05) is 0 Å². The minimum Gasteiger partial charge on any atom is -0.508 e. The molecular formula is C11H11FN4O2. The third-order valence-electron chi connectivity index (χ3n) is 2.31. The second kappa shape index (κ2) is 5.26. The molecule has 0 aliphatic carbocycles. The largest absolute Gasteiger partial charge is 0.508 e. The van der Waals surface area contributed by atoms with Gasteiger partial charge in [0, 0.05) is 19.0 Å². The first-order valence-corrected chi connectivity index (χ1v) is 5.28. The van der Waals surface area contributed by atoms with Gasteiger partial charge in [0.05, 0.1) is 5.56 Å². The summed E-state index contributed by atoms with van der Waals surface area (Å²) < 4.78 is 13.4. The number of phenolic OH excluding ortho intramolecular Hbond substituents is 1. The van der Waals surface area contributed by atoms with Crippen molar-refractivity contribution in [2.45, 2.75) is 6.42 Å². The van der Waals surface area contributed by atoms with E-state index in [4.69, 9.17) is 5.11 Å². The molecule has 18 heavy (non-hydrogen) atoms. The summed E-state index contributed by atoms with van der Waals surface area (Å²) in [5.41, 5.74) is -0.106. The van der Waals surface area contributed by atoms with Gasteiger partial charge in [-0.1, -0.05) is 0 Å². The van der Waals surface area contributed by atoms with Crippen molar-refractivity contribution in [1.82, 2.24) is 20.5 Å². The Kier molecular flexibility index (Phi) is 3.52. The number of carbonyl (C=O) groups excluding carboxylic acids is 1. The predicted molar refractivity (Wildman–Crippen MR) is 60.5 cm³/mol. The summed E-state index contributed by atoms with van der Waals surface area (Å²) in [7, 11) is 0.